The molecule has 1 aromatic carbocycles. The standard InChI is InChI=1S/C23H30N6O2/c1-2-3-14-31-23-26-21(24)20-22(27-23)29(13-10-19(30)25-20)16-18-8-6-17(7-9-18)15-28-11-4-5-12-28/h6-10,13H,2-5,11-12,14-16H2,1H3,(H,25,30)(H2,24,26,27). The van der Waals surface area contributed by atoms with Crippen LogP contribution in [-0.4, -0.2) is 40.5 Å². The molecule has 0 radical (unpaired) electrons. The zero-order chi connectivity index (χ0) is 21.6. The molecule has 2 aliphatic heterocycles. The van der Waals surface area contributed by atoms with Crippen LogP contribution in [0, 0.1) is 0 Å². The molecule has 3 heterocycles. The second-order valence-electron chi connectivity index (χ2n) is 8.02. The Hall–Kier alpha value is -3.13. The quantitative estimate of drug-likeness (QED) is 0.630. The van der Waals surface area contributed by atoms with E-state index in [1.54, 1.807) is 6.20 Å². The van der Waals surface area contributed by atoms with Crippen molar-refractivity contribution in [3.05, 3.63) is 47.7 Å². The van der Waals surface area contributed by atoms with E-state index in [0.29, 0.717) is 24.7 Å². The minimum absolute atomic E-state index is 0.194. The average Bonchev–Trinajstić information content (AvgIpc) is 3.21. The van der Waals surface area contributed by atoms with Gasteiger partial charge in [0.05, 0.1) is 6.61 Å². The second-order valence-corrected chi connectivity index (χ2v) is 8.02. The van der Waals surface area contributed by atoms with Crippen LogP contribution in [0.5, 0.6) is 6.01 Å². The molecule has 2 aromatic rings. The van der Waals surface area contributed by atoms with Crippen molar-refractivity contribution in [2.24, 2.45) is 0 Å². The molecule has 8 heteroatoms. The zero-order valence-electron chi connectivity index (χ0n) is 18.0. The summed E-state index contributed by atoms with van der Waals surface area (Å²) in [7, 11) is 0. The van der Waals surface area contributed by atoms with Gasteiger partial charge in [-0.15, -0.1) is 0 Å². The van der Waals surface area contributed by atoms with Crippen molar-refractivity contribution in [1.82, 2.24) is 14.9 Å². The minimum atomic E-state index is -0.264. The number of fused-ring (bicyclic) bond motifs is 1. The van der Waals surface area contributed by atoms with E-state index in [9.17, 15) is 4.79 Å². The molecule has 1 aromatic heterocycles. The van der Waals surface area contributed by atoms with Crippen LogP contribution in [0.15, 0.2) is 36.5 Å². The lowest BCUT2D eigenvalue weighted by molar-refractivity contribution is -0.111. The zero-order valence-corrected chi connectivity index (χ0v) is 18.0. The number of amides is 1. The van der Waals surface area contributed by atoms with Gasteiger partial charge in [-0.3, -0.25) is 9.69 Å². The van der Waals surface area contributed by atoms with Gasteiger partial charge in [0.15, 0.2) is 11.6 Å². The third-order valence-electron chi connectivity index (χ3n) is 5.53. The highest BCUT2D eigenvalue weighted by molar-refractivity contribution is 6.05. The molecule has 0 saturated carbocycles. The van der Waals surface area contributed by atoms with Gasteiger partial charge in [0.25, 0.3) is 0 Å². The number of hydrogen-bond acceptors (Lipinski definition) is 7. The van der Waals surface area contributed by atoms with Crippen molar-refractivity contribution in [2.75, 3.05) is 35.6 Å². The van der Waals surface area contributed by atoms with Gasteiger partial charge in [0.1, 0.15) is 5.69 Å². The van der Waals surface area contributed by atoms with E-state index < -0.39 is 0 Å². The van der Waals surface area contributed by atoms with Crippen LogP contribution in [0.2, 0.25) is 0 Å². The topological polar surface area (TPSA) is 96.6 Å². The number of rotatable bonds is 8. The number of ether oxygens (including phenoxy) is 1. The van der Waals surface area contributed by atoms with Crippen LogP contribution in [0.25, 0.3) is 0 Å². The maximum absolute atomic E-state index is 12.1. The average molecular weight is 423 g/mol. The first kappa shape index (κ1) is 21.1. The van der Waals surface area contributed by atoms with Gasteiger partial charge in [0.2, 0.25) is 5.91 Å². The van der Waals surface area contributed by atoms with Gasteiger partial charge >= 0.3 is 6.01 Å². The molecule has 31 heavy (non-hydrogen) atoms. The highest BCUT2D eigenvalue weighted by Gasteiger charge is 2.22. The molecule has 1 saturated heterocycles. The first-order valence-electron chi connectivity index (χ1n) is 11.0. The van der Waals surface area contributed by atoms with E-state index >= 15 is 0 Å². The Morgan fingerprint density at radius 2 is 1.81 bits per heavy atom. The molecule has 164 valence electrons. The number of nitrogens with zero attached hydrogens (tertiary/aromatic N) is 4. The molecule has 8 nitrogen and oxygen atoms in total. The Labute approximate surface area is 183 Å². The van der Waals surface area contributed by atoms with Gasteiger partial charge in [0, 0.05) is 25.4 Å². The fraction of sp³-hybridized carbons (Fsp3) is 0.435. The van der Waals surface area contributed by atoms with Crippen LogP contribution in [0.3, 0.4) is 0 Å². The van der Waals surface area contributed by atoms with Gasteiger partial charge in [-0.2, -0.15) is 9.97 Å². The third kappa shape index (κ3) is 5.32. The highest BCUT2D eigenvalue weighted by Crippen LogP contribution is 2.33. The maximum Gasteiger partial charge on any atom is 0.320 e. The molecule has 0 bridgehead atoms. The second kappa shape index (κ2) is 9.78. The van der Waals surface area contributed by atoms with Crippen LogP contribution in [0.1, 0.15) is 43.7 Å². The number of benzene rings is 1. The summed E-state index contributed by atoms with van der Waals surface area (Å²) in [6, 6.07) is 8.82. The van der Waals surface area contributed by atoms with Crippen LogP contribution in [-0.2, 0) is 17.9 Å². The molecule has 0 aliphatic carbocycles. The number of unbranched alkanes of at least 4 members (excludes halogenated alkanes) is 1. The van der Waals surface area contributed by atoms with Crippen LogP contribution in [0.4, 0.5) is 17.3 Å². The first-order chi connectivity index (χ1) is 15.1. The first-order valence-corrected chi connectivity index (χ1v) is 11.0. The fourth-order valence-corrected chi connectivity index (χ4v) is 3.81. The molecule has 2 aliphatic rings. The lowest BCUT2D eigenvalue weighted by atomic mass is 10.1. The number of nitrogens with one attached hydrogen (secondary N) is 1. The molecule has 3 N–H and O–H groups in total. The molecule has 0 spiro atoms. The Morgan fingerprint density at radius 3 is 2.52 bits per heavy atom. The van der Waals surface area contributed by atoms with E-state index in [4.69, 9.17) is 10.5 Å². The van der Waals surface area contributed by atoms with Crippen LogP contribution < -0.4 is 20.7 Å². The Kier molecular flexibility index (Phi) is 6.66. The summed E-state index contributed by atoms with van der Waals surface area (Å²) in [6.07, 6.45) is 7.70. The number of hydrogen-bond donors (Lipinski definition) is 2. The Bertz CT molecular complexity index is 938. The molecule has 1 fully saturated rings. The van der Waals surface area contributed by atoms with Gasteiger partial charge < -0.3 is 20.7 Å². The van der Waals surface area contributed by atoms with E-state index in [1.165, 1.54) is 37.6 Å². The number of nitrogen functional groups attached to an aromatic ring is 1. The van der Waals surface area contributed by atoms with Crippen molar-refractivity contribution < 1.29 is 9.53 Å². The molecule has 1 amide bonds. The summed E-state index contributed by atoms with van der Waals surface area (Å²) in [5.74, 6) is 0.460. The summed E-state index contributed by atoms with van der Waals surface area (Å²) in [5, 5.41) is 2.77. The Morgan fingerprint density at radius 1 is 1.10 bits per heavy atom. The monoisotopic (exact) mass is 422 g/mol. The van der Waals surface area contributed by atoms with Gasteiger partial charge in [-0.25, -0.2) is 0 Å². The number of anilines is 3. The smallest absolute Gasteiger partial charge is 0.320 e. The van der Waals surface area contributed by atoms with Crippen molar-refractivity contribution in [2.45, 2.75) is 45.7 Å². The van der Waals surface area contributed by atoms with Crippen molar-refractivity contribution in [1.29, 1.82) is 0 Å². The van der Waals surface area contributed by atoms with Crippen LogP contribution >= 0.6 is 0 Å². The van der Waals surface area contributed by atoms with Crippen molar-refractivity contribution in [3.8, 4) is 6.01 Å². The highest BCUT2D eigenvalue weighted by atomic mass is 16.5. The SMILES string of the molecule is CCCCOc1nc(N)c2c(n1)N(Cc1ccc(CN3CCCC3)cc1)C=CC(=O)N2. The summed E-state index contributed by atoms with van der Waals surface area (Å²) < 4.78 is 5.67. The number of carbonyl (C=O) groups excluding carboxylic acids is 1. The lowest BCUT2D eigenvalue weighted by Gasteiger charge is -2.22. The number of aromatic nitrogens is 2. The molecule has 4 rings (SSSR count). The fourth-order valence-electron chi connectivity index (χ4n) is 3.81. The predicted molar refractivity (Wildman–Crippen MR) is 122 cm³/mol. The summed E-state index contributed by atoms with van der Waals surface area (Å²) in [6.45, 7) is 6.52. The lowest BCUT2D eigenvalue weighted by Crippen LogP contribution is -2.20. The molecular weight excluding hydrogens is 392 g/mol. The molecule has 0 unspecified atom stereocenters. The number of nitrogens with two attached hydrogens (primary N) is 1. The largest absolute Gasteiger partial charge is 0.463 e. The number of carbonyl (C=O) groups is 1. The van der Waals surface area contributed by atoms with Gasteiger partial charge in [-0.1, -0.05) is 37.6 Å². The Balaban J connectivity index is 1.53. The molecule has 0 atom stereocenters. The number of likely N-dealkylation sites (tertiary alicyclic amines) is 1. The van der Waals surface area contributed by atoms with Crippen molar-refractivity contribution in [3.63, 3.8) is 0 Å². The van der Waals surface area contributed by atoms with E-state index in [-0.39, 0.29) is 17.7 Å². The minimum Gasteiger partial charge on any atom is -0.463 e. The summed E-state index contributed by atoms with van der Waals surface area (Å²) >= 11 is 0. The van der Waals surface area contributed by atoms with E-state index in [2.05, 4.69) is 51.4 Å². The maximum atomic E-state index is 12.1. The summed E-state index contributed by atoms with van der Waals surface area (Å²) in [5.41, 5.74) is 8.96. The third-order valence-corrected chi connectivity index (χ3v) is 5.53. The molecular formula is C23H30N6O2. The summed E-state index contributed by atoms with van der Waals surface area (Å²) in [4.78, 5) is 25.3. The normalized spacial score (nSPS) is 16.2. The van der Waals surface area contributed by atoms with Crippen molar-refractivity contribution >= 4 is 23.2 Å². The van der Waals surface area contributed by atoms with Gasteiger partial charge in [-0.05, 0) is 43.5 Å². The predicted octanol–water partition coefficient (Wildman–Crippen LogP) is 3.31. The van der Waals surface area contributed by atoms with E-state index in [1.807, 2.05) is 4.90 Å². The van der Waals surface area contributed by atoms with E-state index in [0.717, 1.165) is 24.9 Å².